The summed E-state index contributed by atoms with van der Waals surface area (Å²) >= 11 is 0. The molecular weight excluding hydrogens is 346 g/mol. The summed E-state index contributed by atoms with van der Waals surface area (Å²) in [5.41, 5.74) is 4.03. The molecule has 0 saturated heterocycles. The van der Waals surface area contributed by atoms with Crippen LogP contribution in [0.2, 0.25) is 0 Å². The average molecular weight is 367 g/mol. The highest BCUT2D eigenvalue weighted by atomic mass is 32.2. The average Bonchev–Trinajstić information content (AvgIpc) is 3.11. The van der Waals surface area contributed by atoms with E-state index in [1.165, 1.54) is 10.5 Å². The van der Waals surface area contributed by atoms with Crippen molar-refractivity contribution in [1.29, 1.82) is 0 Å². The fourth-order valence-corrected chi connectivity index (χ4v) is 4.85. The summed E-state index contributed by atoms with van der Waals surface area (Å²) in [5, 5.41) is 4.26. The largest absolute Gasteiger partial charge is 0.267 e. The monoisotopic (exact) mass is 367 g/mol. The van der Waals surface area contributed by atoms with Crippen LogP contribution in [0.1, 0.15) is 23.1 Å². The lowest BCUT2D eigenvalue weighted by Crippen LogP contribution is -2.35. The molecule has 2 heterocycles. The van der Waals surface area contributed by atoms with Gasteiger partial charge in [-0.05, 0) is 42.5 Å². The van der Waals surface area contributed by atoms with Gasteiger partial charge in [-0.2, -0.15) is 5.10 Å². The number of nitrogens with zero attached hydrogens (tertiary/aromatic N) is 3. The number of aryl methyl sites for hydroxylation is 2. The molecule has 0 radical (unpaired) electrons. The van der Waals surface area contributed by atoms with E-state index in [2.05, 4.69) is 5.10 Å². The lowest BCUT2D eigenvalue weighted by Gasteiger charge is -2.30. The Morgan fingerprint density at radius 1 is 1.12 bits per heavy atom. The molecule has 134 valence electrons. The second kappa shape index (κ2) is 6.61. The summed E-state index contributed by atoms with van der Waals surface area (Å²) in [5.74, 6) is 0. The van der Waals surface area contributed by atoms with E-state index < -0.39 is 10.0 Å². The van der Waals surface area contributed by atoms with Crippen molar-refractivity contribution in [2.45, 2.75) is 31.2 Å². The molecule has 26 heavy (non-hydrogen) atoms. The van der Waals surface area contributed by atoms with Gasteiger partial charge in [-0.3, -0.25) is 8.99 Å². The van der Waals surface area contributed by atoms with E-state index in [9.17, 15) is 8.42 Å². The minimum Gasteiger partial charge on any atom is -0.267 e. The highest BCUT2D eigenvalue weighted by Gasteiger charge is 2.30. The third kappa shape index (κ3) is 3.12. The fourth-order valence-electron chi connectivity index (χ4n) is 3.36. The van der Waals surface area contributed by atoms with Gasteiger partial charge in [-0.15, -0.1) is 0 Å². The standard InChI is InChI=1S/C20H21N3O2S/c1-16-9-10-18-8-5-11-23(20(18)12-16)26(24,25)19-13-21-22(15-19)14-17-6-3-2-4-7-17/h2-4,6-7,9-10,12-13,15H,5,8,11,14H2,1H3. The molecule has 1 aliphatic rings. The Morgan fingerprint density at radius 3 is 2.73 bits per heavy atom. The van der Waals surface area contributed by atoms with Crippen molar-refractivity contribution < 1.29 is 8.42 Å². The number of hydrogen-bond donors (Lipinski definition) is 0. The molecule has 3 aromatic rings. The first-order chi connectivity index (χ1) is 12.5. The molecule has 1 aromatic heterocycles. The van der Waals surface area contributed by atoms with Crippen molar-refractivity contribution >= 4 is 15.7 Å². The van der Waals surface area contributed by atoms with Gasteiger partial charge < -0.3 is 0 Å². The molecule has 4 rings (SSSR count). The van der Waals surface area contributed by atoms with Crippen molar-refractivity contribution in [1.82, 2.24) is 9.78 Å². The number of rotatable bonds is 4. The molecule has 0 fully saturated rings. The highest BCUT2D eigenvalue weighted by molar-refractivity contribution is 7.92. The molecule has 0 saturated carbocycles. The van der Waals surface area contributed by atoms with Crippen LogP contribution in [0.4, 0.5) is 5.69 Å². The van der Waals surface area contributed by atoms with Crippen LogP contribution in [-0.2, 0) is 23.0 Å². The number of hydrogen-bond acceptors (Lipinski definition) is 3. The Balaban J connectivity index is 1.65. The summed E-state index contributed by atoms with van der Waals surface area (Å²) in [6, 6.07) is 15.9. The molecule has 0 N–H and O–H groups in total. The van der Waals surface area contributed by atoms with Gasteiger partial charge in [0.05, 0.1) is 18.4 Å². The molecule has 0 spiro atoms. The first-order valence-corrected chi connectivity index (χ1v) is 10.2. The van der Waals surface area contributed by atoms with E-state index in [4.69, 9.17) is 0 Å². The summed E-state index contributed by atoms with van der Waals surface area (Å²) < 4.78 is 29.6. The quantitative estimate of drug-likeness (QED) is 0.710. The van der Waals surface area contributed by atoms with Crippen LogP contribution in [0.25, 0.3) is 0 Å². The van der Waals surface area contributed by atoms with Crippen molar-refractivity contribution in [3.05, 3.63) is 77.6 Å². The van der Waals surface area contributed by atoms with Crippen molar-refractivity contribution in [2.75, 3.05) is 10.8 Å². The normalized spacial score (nSPS) is 14.3. The molecule has 1 aliphatic heterocycles. The number of benzene rings is 2. The van der Waals surface area contributed by atoms with Gasteiger partial charge in [0.1, 0.15) is 4.90 Å². The summed E-state index contributed by atoms with van der Waals surface area (Å²) in [7, 11) is -3.61. The van der Waals surface area contributed by atoms with Crippen LogP contribution in [0.5, 0.6) is 0 Å². The van der Waals surface area contributed by atoms with Crippen molar-refractivity contribution in [3.8, 4) is 0 Å². The predicted octanol–water partition coefficient (Wildman–Crippen LogP) is 3.38. The zero-order chi connectivity index (χ0) is 18.1. The highest BCUT2D eigenvalue weighted by Crippen LogP contribution is 2.32. The van der Waals surface area contributed by atoms with Crippen LogP contribution in [-0.4, -0.2) is 24.7 Å². The van der Waals surface area contributed by atoms with Crippen LogP contribution in [0.15, 0.2) is 65.8 Å². The maximum absolute atomic E-state index is 13.2. The molecule has 0 bridgehead atoms. The van der Waals surface area contributed by atoms with Crippen molar-refractivity contribution in [2.24, 2.45) is 0 Å². The van der Waals surface area contributed by atoms with Crippen LogP contribution in [0, 0.1) is 6.92 Å². The van der Waals surface area contributed by atoms with E-state index in [1.807, 2.05) is 55.5 Å². The van der Waals surface area contributed by atoms with Gasteiger partial charge in [-0.1, -0.05) is 42.5 Å². The zero-order valence-electron chi connectivity index (χ0n) is 14.7. The Labute approximate surface area is 153 Å². The Morgan fingerprint density at radius 2 is 1.92 bits per heavy atom. The van der Waals surface area contributed by atoms with Crippen LogP contribution >= 0.6 is 0 Å². The number of anilines is 1. The predicted molar refractivity (Wildman–Crippen MR) is 102 cm³/mol. The Kier molecular flexibility index (Phi) is 4.28. The minimum absolute atomic E-state index is 0.239. The Hall–Kier alpha value is -2.60. The molecule has 0 atom stereocenters. The van der Waals surface area contributed by atoms with Gasteiger partial charge in [0.15, 0.2) is 0 Å². The van der Waals surface area contributed by atoms with E-state index in [-0.39, 0.29) is 4.90 Å². The lowest BCUT2D eigenvalue weighted by molar-refractivity contribution is 0.586. The second-order valence-corrected chi connectivity index (χ2v) is 8.53. The molecule has 0 unspecified atom stereocenters. The summed E-state index contributed by atoms with van der Waals surface area (Å²) in [4.78, 5) is 0.239. The van der Waals surface area contributed by atoms with E-state index in [0.717, 1.165) is 35.2 Å². The SMILES string of the molecule is Cc1ccc2c(c1)N(S(=O)(=O)c1cnn(Cc3ccccc3)c1)CCC2. The van der Waals surface area contributed by atoms with Gasteiger partial charge in [0.2, 0.25) is 0 Å². The molecule has 0 amide bonds. The molecule has 5 nitrogen and oxygen atoms in total. The third-order valence-corrected chi connectivity index (χ3v) is 6.47. The number of sulfonamides is 1. The van der Waals surface area contributed by atoms with Crippen LogP contribution < -0.4 is 4.31 Å². The topological polar surface area (TPSA) is 55.2 Å². The number of aromatic nitrogens is 2. The molecule has 0 aliphatic carbocycles. The maximum atomic E-state index is 13.2. The fraction of sp³-hybridized carbons (Fsp3) is 0.250. The van der Waals surface area contributed by atoms with Gasteiger partial charge in [-0.25, -0.2) is 8.42 Å². The second-order valence-electron chi connectivity index (χ2n) is 6.67. The first kappa shape index (κ1) is 16.8. The first-order valence-electron chi connectivity index (χ1n) is 8.73. The number of fused-ring (bicyclic) bond motifs is 1. The molecule has 2 aromatic carbocycles. The Bertz CT molecular complexity index is 1030. The van der Waals surface area contributed by atoms with E-state index in [0.29, 0.717) is 13.1 Å². The van der Waals surface area contributed by atoms with E-state index >= 15 is 0 Å². The maximum Gasteiger partial charge on any atom is 0.267 e. The summed E-state index contributed by atoms with van der Waals surface area (Å²) in [6.45, 7) is 3.03. The van der Waals surface area contributed by atoms with E-state index in [1.54, 1.807) is 10.9 Å². The van der Waals surface area contributed by atoms with Gasteiger partial charge in [0.25, 0.3) is 10.0 Å². The van der Waals surface area contributed by atoms with Gasteiger partial charge in [0, 0.05) is 12.7 Å². The summed E-state index contributed by atoms with van der Waals surface area (Å²) in [6.07, 6.45) is 4.80. The minimum atomic E-state index is -3.61. The molecular formula is C20H21N3O2S. The smallest absolute Gasteiger partial charge is 0.267 e. The van der Waals surface area contributed by atoms with Crippen molar-refractivity contribution in [3.63, 3.8) is 0 Å². The van der Waals surface area contributed by atoms with Crippen LogP contribution in [0.3, 0.4) is 0 Å². The molecule has 6 heteroatoms. The third-order valence-electron chi connectivity index (χ3n) is 4.70. The lowest BCUT2D eigenvalue weighted by atomic mass is 10.0. The zero-order valence-corrected chi connectivity index (χ0v) is 15.5. The van der Waals surface area contributed by atoms with Gasteiger partial charge >= 0.3 is 0 Å².